The van der Waals surface area contributed by atoms with Gasteiger partial charge in [-0.3, -0.25) is 9.59 Å². The van der Waals surface area contributed by atoms with Crippen molar-refractivity contribution < 1.29 is 12.8 Å². The van der Waals surface area contributed by atoms with E-state index in [1.807, 2.05) is 0 Å². The summed E-state index contributed by atoms with van der Waals surface area (Å²) in [6, 6.07) is 9.91. The minimum absolute atomic E-state index is 0.0328. The highest BCUT2D eigenvalue weighted by molar-refractivity contribution is 7.89. The Kier molecular flexibility index (Phi) is 5.57. The van der Waals surface area contributed by atoms with Gasteiger partial charge in [0.05, 0.1) is 15.9 Å². The van der Waals surface area contributed by atoms with E-state index in [0.29, 0.717) is 11.1 Å². The molecule has 0 atom stereocenters. The van der Waals surface area contributed by atoms with E-state index in [9.17, 15) is 22.4 Å². The Morgan fingerprint density at radius 3 is 2.20 bits per heavy atom. The molecule has 1 aliphatic rings. The number of aromatic nitrogens is 2. The Balaban J connectivity index is 1.76. The van der Waals surface area contributed by atoms with Gasteiger partial charge in [-0.1, -0.05) is 31.4 Å². The van der Waals surface area contributed by atoms with Crippen molar-refractivity contribution in [3.8, 4) is 0 Å². The average Bonchev–Trinajstić information content (AvgIpc) is 2.74. The molecular weight excluding hydrogens is 409 g/mol. The fraction of sp³-hybridized carbons (Fsp3) is 0.333. The fourth-order valence-corrected chi connectivity index (χ4v) is 5.64. The van der Waals surface area contributed by atoms with E-state index in [0.717, 1.165) is 32.1 Å². The topological polar surface area (TPSA) is 103 Å². The number of nitrogens with one attached hydrogen (secondary N) is 2. The summed E-state index contributed by atoms with van der Waals surface area (Å²) in [5.74, 6) is -0.377. The lowest BCUT2D eigenvalue weighted by Crippen LogP contribution is -2.41. The molecule has 1 aromatic heterocycles. The number of benzene rings is 2. The predicted octanol–water partition coefficient (Wildman–Crippen LogP) is 2.88. The second-order valence-electron chi connectivity index (χ2n) is 7.58. The van der Waals surface area contributed by atoms with Crippen molar-refractivity contribution in [3.63, 3.8) is 0 Å². The van der Waals surface area contributed by atoms with Gasteiger partial charge < -0.3 is 9.97 Å². The molecule has 7 nitrogen and oxygen atoms in total. The quantitative estimate of drug-likeness (QED) is 0.606. The Morgan fingerprint density at radius 2 is 1.53 bits per heavy atom. The van der Waals surface area contributed by atoms with Crippen LogP contribution in [-0.4, -0.2) is 28.7 Å². The highest BCUT2D eigenvalue weighted by Gasteiger charge is 2.32. The SMILES string of the molecule is O=c1[nH]c2ccc(S(=O)(=O)N(Cc3ccc(F)cc3)C3CCCCC3)cc2[nH]c1=O. The molecular formula is C21H22FN3O4S. The van der Waals surface area contributed by atoms with Gasteiger partial charge in [0.15, 0.2) is 0 Å². The average molecular weight is 431 g/mol. The summed E-state index contributed by atoms with van der Waals surface area (Å²) in [5, 5.41) is 0. The molecule has 0 amide bonds. The van der Waals surface area contributed by atoms with E-state index in [1.165, 1.54) is 34.6 Å². The Morgan fingerprint density at radius 1 is 0.900 bits per heavy atom. The van der Waals surface area contributed by atoms with Gasteiger partial charge in [-0.05, 0) is 48.7 Å². The molecule has 0 radical (unpaired) electrons. The lowest BCUT2D eigenvalue weighted by atomic mass is 9.95. The number of nitrogens with zero attached hydrogens (tertiary/aromatic N) is 1. The van der Waals surface area contributed by atoms with Crippen LogP contribution in [0.15, 0.2) is 56.9 Å². The van der Waals surface area contributed by atoms with Crippen LogP contribution in [0, 0.1) is 5.82 Å². The molecule has 0 bridgehead atoms. The number of rotatable bonds is 5. The Hall–Kier alpha value is -2.78. The molecule has 4 rings (SSSR count). The number of hydrogen-bond donors (Lipinski definition) is 2. The number of H-pyrrole nitrogens is 2. The third-order valence-corrected chi connectivity index (χ3v) is 7.43. The first-order valence-corrected chi connectivity index (χ1v) is 11.3. The highest BCUT2D eigenvalue weighted by atomic mass is 32.2. The maximum Gasteiger partial charge on any atom is 0.314 e. The fourth-order valence-electron chi connectivity index (χ4n) is 3.94. The van der Waals surface area contributed by atoms with Crippen molar-refractivity contribution in [2.45, 2.75) is 49.6 Å². The van der Waals surface area contributed by atoms with Gasteiger partial charge in [0.25, 0.3) is 0 Å². The smallest absolute Gasteiger partial charge is 0.314 e. The molecule has 1 fully saturated rings. The summed E-state index contributed by atoms with van der Waals surface area (Å²) < 4.78 is 42.0. The summed E-state index contributed by atoms with van der Waals surface area (Å²) in [4.78, 5) is 28.0. The van der Waals surface area contributed by atoms with Gasteiger partial charge in [0.2, 0.25) is 10.0 Å². The van der Waals surface area contributed by atoms with Gasteiger partial charge in [0.1, 0.15) is 5.82 Å². The number of halogens is 1. The van der Waals surface area contributed by atoms with Crippen molar-refractivity contribution in [1.82, 2.24) is 14.3 Å². The molecule has 0 unspecified atom stereocenters. The molecule has 2 aromatic carbocycles. The molecule has 0 saturated heterocycles. The van der Waals surface area contributed by atoms with Crippen molar-refractivity contribution >= 4 is 21.1 Å². The van der Waals surface area contributed by atoms with E-state index in [2.05, 4.69) is 9.97 Å². The van der Waals surface area contributed by atoms with Crippen LogP contribution in [-0.2, 0) is 16.6 Å². The lowest BCUT2D eigenvalue weighted by Gasteiger charge is -2.33. The zero-order valence-electron chi connectivity index (χ0n) is 16.2. The largest absolute Gasteiger partial charge is 0.316 e. The third-order valence-electron chi connectivity index (χ3n) is 5.53. The van der Waals surface area contributed by atoms with Crippen LogP contribution in [0.5, 0.6) is 0 Å². The number of hydrogen-bond acceptors (Lipinski definition) is 4. The molecule has 1 heterocycles. The molecule has 0 aliphatic heterocycles. The standard InChI is InChI=1S/C21H22FN3O4S/c22-15-8-6-14(7-9-15)13-25(16-4-2-1-3-5-16)30(28,29)17-10-11-18-19(12-17)24-21(27)20(26)23-18/h6-12,16H,1-5,13H2,(H,23,26)(H,24,27). The summed E-state index contributed by atoms with van der Waals surface area (Å²) in [7, 11) is -3.90. The second kappa shape index (κ2) is 8.16. The minimum atomic E-state index is -3.90. The van der Waals surface area contributed by atoms with Crippen LogP contribution in [0.25, 0.3) is 11.0 Å². The van der Waals surface area contributed by atoms with Crippen LogP contribution in [0.4, 0.5) is 4.39 Å². The Labute approximate surface area is 172 Å². The summed E-state index contributed by atoms with van der Waals surface area (Å²) >= 11 is 0. The molecule has 2 N–H and O–H groups in total. The van der Waals surface area contributed by atoms with Gasteiger partial charge in [-0.25, -0.2) is 12.8 Å². The van der Waals surface area contributed by atoms with Crippen molar-refractivity contribution in [2.24, 2.45) is 0 Å². The number of sulfonamides is 1. The zero-order chi connectivity index (χ0) is 21.3. The van der Waals surface area contributed by atoms with E-state index >= 15 is 0 Å². The molecule has 3 aromatic rings. The van der Waals surface area contributed by atoms with Gasteiger partial charge >= 0.3 is 11.1 Å². The number of aromatic amines is 2. The molecule has 30 heavy (non-hydrogen) atoms. The van der Waals surface area contributed by atoms with E-state index in [4.69, 9.17) is 0 Å². The maximum absolute atomic E-state index is 13.6. The lowest BCUT2D eigenvalue weighted by molar-refractivity contribution is 0.247. The van der Waals surface area contributed by atoms with Gasteiger partial charge in [-0.15, -0.1) is 0 Å². The van der Waals surface area contributed by atoms with Crippen molar-refractivity contribution in [1.29, 1.82) is 0 Å². The van der Waals surface area contributed by atoms with Gasteiger partial charge in [0, 0.05) is 12.6 Å². The van der Waals surface area contributed by atoms with Gasteiger partial charge in [-0.2, -0.15) is 4.31 Å². The first kappa shape index (κ1) is 20.5. The summed E-state index contributed by atoms with van der Waals surface area (Å²) in [6.45, 7) is 0.132. The highest BCUT2D eigenvalue weighted by Crippen LogP contribution is 2.30. The molecule has 9 heteroatoms. The molecule has 158 valence electrons. The predicted molar refractivity (Wildman–Crippen MR) is 111 cm³/mol. The minimum Gasteiger partial charge on any atom is -0.316 e. The number of fused-ring (bicyclic) bond motifs is 1. The van der Waals surface area contributed by atoms with E-state index < -0.39 is 21.1 Å². The first-order valence-electron chi connectivity index (χ1n) is 9.87. The summed E-state index contributed by atoms with van der Waals surface area (Å²) in [5.41, 5.74) is -0.345. The Bertz CT molecular complexity index is 1280. The van der Waals surface area contributed by atoms with Crippen LogP contribution in [0.1, 0.15) is 37.7 Å². The normalized spacial score (nSPS) is 15.7. The van der Waals surface area contributed by atoms with Crippen LogP contribution in [0.3, 0.4) is 0 Å². The van der Waals surface area contributed by atoms with Crippen molar-refractivity contribution in [3.05, 3.63) is 74.6 Å². The third kappa shape index (κ3) is 4.08. The van der Waals surface area contributed by atoms with Crippen LogP contribution < -0.4 is 11.1 Å². The second-order valence-corrected chi connectivity index (χ2v) is 9.47. The first-order chi connectivity index (χ1) is 14.3. The maximum atomic E-state index is 13.6. The van der Waals surface area contributed by atoms with E-state index in [-0.39, 0.29) is 28.8 Å². The van der Waals surface area contributed by atoms with Crippen LogP contribution >= 0.6 is 0 Å². The summed E-state index contributed by atoms with van der Waals surface area (Å²) in [6.07, 6.45) is 4.50. The van der Waals surface area contributed by atoms with E-state index in [1.54, 1.807) is 12.1 Å². The monoisotopic (exact) mass is 431 g/mol. The van der Waals surface area contributed by atoms with Crippen molar-refractivity contribution in [2.75, 3.05) is 0 Å². The molecule has 1 aliphatic carbocycles. The zero-order valence-corrected chi connectivity index (χ0v) is 17.0. The van der Waals surface area contributed by atoms with Crippen LogP contribution in [0.2, 0.25) is 0 Å². The molecule has 0 spiro atoms. The molecule has 1 saturated carbocycles.